The molecule has 2 aromatic heterocycles. The zero-order chi connectivity index (χ0) is 18.6. The minimum absolute atomic E-state index is 0.0534. The summed E-state index contributed by atoms with van der Waals surface area (Å²) in [6.07, 6.45) is -1.19. The first-order chi connectivity index (χ1) is 11.7. The SMILES string of the molecule is CCNC(=NCc1cn(C)nc1C(F)(F)F)N(C)Cc1cccn1C. The number of aromatic nitrogens is 3. The van der Waals surface area contributed by atoms with Crippen LogP contribution >= 0.6 is 0 Å². The van der Waals surface area contributed by atoms with Gasteiger partial charge in [-0.3, -0.25) is 4.68 Å². The smallest absolute Gasteiger partial charge is 0.357 e. The van der Waals surface area contributed by atoms with Gasteiger partial charge in [0, 0.05) is 51.3 Å². The third kappa shape index (κ3) is 4.77. The Balaban J connectivity index is 2.18. The molecule has 0 spiro atoms. The third-order valence-corrected chi connectivity index (χ3v) is 3.72. The standard InChI is InChI=1S/C16H23F3N6/c1-5-20-15(24(3)11-13-7-6-8-23(13)2)21-9-12-10-25(4)22-14(12)16(17,18)19/h6-8,10H,5,9,11H2,1-4H3,(H,20,21). The van der Waals surface area contributed by atoms with Crippen LogP contribution in [-0.4, -0.2) is 38.8 Å². The Bertz CT molecular complexity index is 729. The van der Waals surface area contributed by atoms with E-state index in [1.165, 1.54) is 13.2 Å². The number of halogens is 3. The molecular formula is C16H23F3N6. The summed E-state index contributed by atoms with van der Waals surface area (Å²) in [5, 5.41) is 6.62. The lowest BCUT2D eigenvalue weighted by Gasteiger charge is -2.22. The molecule has 138 valence electrons. The summed E-state index contributed by atoms with van der Waals surface area (Å²) in [6.45, 7) is 3.03. The summed E-state index contributed by atoms with van der Waals surface area (Å²) in [5.74, 6) is 0.542. The van der Waals surface area contributed by atoms with Crippen molar-refractivity contribution in [1.82, 2.24) is 24.6 Å². The zero-order valence-electron chi connectivity index (χ0n) is 14.8. The van der Waals surface area contributed by atoms with E-state index in [4.69, 9.17) is 0 Å². The van der Waals surface area contributed by atoms with Crippen LogP contribution < -0.4 is 5.32 Å². The molecule has 9 heteroatoms. The van der Waals surface area contributed by atoms with Crippen molar-refractivity contribution in [2.45, 2.75) is 26.2 Å². The fraction of sp³-hybridized carbons (Fsp3) is 0.500. The molecule has 0 aliphatic carbocycles. The maximum atomic E-state index is 13.0. The van der Waals surface area contributed by atoms with E-state index in [0.717, 1.165) is 10.4 Å². The number of nitrogens with one attached hydrogen (secondary N) is 1. The highest BCUT2D eigenvalue weighted by atomic mass is 19.4. The lowest BCUT2D eigenvalue weighted by Crippen LogP contribution is -2.38. The van der Waals surface area contributed by atoms with Gasteiger partial charge in [-0.15, -0.1) is 0 Å². The van der Waals surface area contributed by atoms with E-state index in [9.17, 15) is 13.2 Å². The molecule has 0 aliphatic rings. The lowest BCUT2D eigenvalue weighted by molar-refractivity contribution is -0.142. The van der Waals surface area contributed by atoms with E-state index in [1.807, 2.05) is 48.8 Å². The summed E-state index contributed by atoms with van der Waals surface area (Å²) < 4.78 is 42.3. The largest absolute Gasteiger partial charge is 0.435 e. The van der Waals surface area contributed by atoms with Crippen LogP contribution in [0.1, 0.15) is 23.9 Å². The first-order valence-corrected chi connectivity index (χ1v) is 7.91. The molecule has 0 fully saturated rings. The monoisotopic (exact) mass is 356 g/mol. The quantitative estimate of drug-likeness (QED) is 0.661. The van der Waals surface area contributed by atoms with Crippen molar-refractivity contribution >= 4 is 5.96 Å². The van der Waals surface area contributed by atoms with Gasteiger partial charge in [-0.2, -0.15) is 18.3 Å². The summed E-state index contributed by atoms with van der Waals surface area (Å²) in [6, 6.07) is 3.93. The highest BCUT2D eigenvalue weighted by molar-refractivity contribution is 5.79. The molecule has 1 N–H and O–H groups in total. The van der Waals surface area contributed by atoms with E-state index >= 15 is 0 Å². The van der Waals surface area contributed by atoms with Crippen LogP contribution in [0.15, 0.2) is 29.5 Å². The molecule has 2 aromatic rings. The Kier molecular flexibility index (Phi) is 5.76. The van der Waals surface area contributed by atoms with Crippen LogP contribution in [0.4, 0.5) is 13.2 Å². The van der Waals surface area contributed by atoms with Crippen molar-refractivity contribution in [1.29, 1.82) is 0 Å². The summed E-state index contributed by atoms with van der Waals surface area (Å²) in [5.41, 5.74) is 0.239. The Morgan fingerprint density at radius 1 is 1.36 bits per heavy atom. The molecule has 0 unspecified atom stereocenters. The van der Waals surface area contributed by atoms with Crippen molar-refractivity contribution in [3.05, 3.63) is 41.5 Å². The van der Waals surface area contributed by atoms with Gasteiger partial charge in [0.05, 0.1) is 13.1 Å². The number of rotatable bonds is 5. The van der Waals surface area contributed by atoms with Crippen LogP contribution in [0.3, 0.4) is 0 Å². The Morgan fingerprint density at radius 3 is 2.64 bits per heavy atom. The van der Waals surface area contributed by atoms with Crippen LogP contribution in [0, 0.1) is 0 Å². The van der Waals surface area contributed by atoms with Crippen molar-refractivity contribution in [2.75, 3.05) is 13.6 Å². The van der Waals surface area contributed by atoms with Gasteiger partial charge in [0.1, 0.15) is 0 Å². The normalized spacial score (nSPS) is 12.5. The molecular weight excluding hydrogens is 333 g/mol. The molecule has 0 aromatic carbocycles. The number of aliphatic imine (C=N–C) groups is 1. The highest BCUT2D eigenvalue weighted by Gasteiger charge is 2.36. The van der Waals surface area contributed by atoms with E-state index in [0.29, 0.717) is 19.0 Å². The predicted octanol–water partition coefficient (Wildman–Crippen LogP) is 2.37. The fourth-order valence-corrected chi connectivity index (χ4v) is 2.50. The molecule has 25 heavy (non-hydrogen) atoms. The minimum Gasteiger partial charge on any atom is -0.357 e. The van der Waals surface area contributed by atoms with Gasteiger partial charge in [-0.1, -0.05) is 0 Å². The average Bonchev–Trinajstić information content (AvgIpc) is 3.09. The zero-order valence-corrected chi connectivity index (χ0v) is 14.8. The van der Waals surface area contributed by atoms with Crippen molar-refractivity contribution in [3.8, 4) is 0 Å². The van der Waals surface area contributed by atoms with Crippen LogP contribution in [-0.2, 0) is 33.4 Å². The number of hydrogen-bond donors (Lipinski definition) is 1. The minimum atomic E-state index is -4.49. The second-order valence-electron chi connectivity index (χ2n) is 5.81. The first kappa shape index (κ1) is 18.9. The van der Waals surface area contributed by atoms with Crippen molar-refractivity contribution in [2.24, 2.45) is 19.1 Å². The second-order valence-corrected chi connectivity index (χ2v) is 5.81. The number of hydrogen-bond acceptors (Lipinski definition) is 2. The van der Waals surface area contributed by atoms with Crippen molar-refractivity contribution < 1.29 is 13.2 Å². The maximum absolute atomic E-state index is 13.0. The second kappa shape index (κ2) is 7.62. The molecule has 0 bridgehead atoms. The lowest BCUT2D eigenvalue weighted by atomic mass is 10.2. The average molecular weight is 356 g/mol. The molecule has 0 saturated carbocycles. The van der Waals surface area contributed by atoms with Gasteiger partial charge in [0.25, 0.3) is 0 Å². The van der Waals surface area contributed by atoms with Crippen LogP contribution in [0.2, 0.25) is 0 Å². The summed E-state index contributed by atoms with van der Waals surface area (Å²) >= 11 is 0. The maximum Gasteiger partial charge on any atom is 0.435 e. The molecule has 0 atom stereocenters. The first-order valence-electron chi connectivity index (χ1n) is 7.91. The Hall–Kier alpha value is -2.45. The van der Waals surface area contributed by atoms with Crippen LogP contribution in [0.25, 0.3) is 0 Å². The van der Waals surface area contributed by atoms with E-state index in [1.54, 1.807) is 0 Å². The number of guanidine groups is 1. The summed E-state index contributed by atoms with van der Waals surface area (Å²) in [4.78, 5) is 6.23. The molecule has 0 amide bonds. The van der Waals surface area contributed by atoms with Gasteiger partial charge in [0.2, 0.25) is 0 Å². The molecule has 6 nitrogen and oxygen atoms in total. The van der Waals surface area contributed by atoms with Crippen molar-refractivity contribution in [3.63, 3.8) is 0 Å². The molecule has 0 saturated heterocycles. The fourth-order valence-electron chi connectivity index (χ4n) is 2.50. The Labute approximate surface area is 145 Å². The van der Waals surface area contributed by atoms with Gasteiger partial charge in [0.15, 0.2) is 11.7 Å². The van der Waals surface area contributed by atoms with E-state index in [2.05, 4.69) is 15.4 Å². The van der Waals surface area contributed by atoms with Gasteiger partial charge in [-0.25, -0.2) is 4.99 Å². The predicted molar refractivity (Wildman–Crippen MR) is 89.9 cm³/mol. The number of aryl methyl sites for hydroxylation is 2. The molecule has 0 aliphatic heterocycles. The molecule has 2 rings (SSSR count). The Morgan fingerprint density at radius 2 is 2.08 bits per heavy atom. The molecule has 2 heterocycles. The topological polar surface area (TPSA) is 50.4 Å². The number of alkyl halides is 3. The summed E-state index contributed by atoms with van der Waals surface area (Å²) in [7, 11) is 5.26. The van der Waals surface area contributed by atoms with Crippen LogP contribution in [0.5, 0.6) is 0 Å². The highest BCUT2D eigenvalue weighted by Crippen LogP contribution is 2.30. The number of nitrogens with zero attached hydrogens (tertiary/aromatic N) is 5. The third-order valence-electron chi connectivity index (χ3n) is 3.72. The molecule has 0 radical (unpaired) electrons. The van der Waals surface area contributed by atoms with E-state index < -0.39 is 11.9 Å². The van der Waals surface area contributed by atoms with Gasteiger partial charge >= 0.3 is 6.18 Å². The van der Waals surface area contributed by atoms with Gasteiger partial charge < -0.3 is 14.8 Å². The van der Waals surface area contributed by atoms with Gasteiger partial charge in [-0.05, 0) is 19.1 Å². The van der Waals surface area contributed by atoms with E-state index in [-0.39, 0.29) is 12.1 Å².